The van der Waals surface area contributed by atoms with Crippen LogP contribution in [0.1, 0.15) is 32.9 Å². The van der Waals surface area contributed by atoms with Crippen LogP contribution in [0.5, 0.6) is 0 Å². The molecule has 0 radical (unpaired) electrons. The van der Waals surface area contributed by atoms with Crippen molar-refractivity contribution < 1.29 is 0 Å². The Morgan fingerprint density at radius 3 is 2.68 bits per heavy atom. The lowest BCUT2D eigenvalue weighted by atomic mass is 10.0. The molecule has 0 aliphatic rings. The van der Waals surface area contributed by atoms with Crippen LogP contribution < -0.4 is 5.32 Å². The number of aromatic nitrogens is 7. The van der Waals surface area contributed by atoms with Gasteiger partial charge in [0.15, 0.2) is 11.5 Å². The number of pyridine rings is 3. The van der Waals surface area contributed by atoms with Crippen LogP contribution in [0.2, 0.25) is 0 Å². The molecule has 8 nitrogen and oxygen atoms in total. The quantitative estimate of drug-likeness (QED) is 0.176. The van der Waals surface area contributed by atoms with Crippen LogP contribution >= 0.6 is 0 Å². The van der Waals surface area contributed by atoms with E-state index in [1.807, 2.05) is 37.3 Å². The van der Waals surface area contributed by atoms with Gasteiger partial charge >= 0.3 is 0 Å². The summed E-state index contributed by atoms with van der Waals surface area (Å²) in [5.74, 6) is 0.635. The molecule has 0 fully saturated rings. The number of hydrogen-bond acceptors (Lipinski definition) is 6. The summed E-state index contributed by atoms with van der Waals surface area (Å²) in [6.07, 6.45) is 10.5. The number of aromatic amines is 2. The Hall–Kier alpha value is -4.43. The average molecular weight is 491 g/mol. The normalized spacial score (nSPS) is 12.5. The van der Waals surface area contributed by atoms with E-state index in [1.54, 1.807) is 18.6 Å². The molecule has 0 aromatic carbocycles. The van der Waals surface area contributed by atoms with Gasteiger partial charge in [-0.15, -0.1) is 0 Å². The van der Waals surface area contributed by atoms with Crippen LogP contribution in [0, 0.1) is 0 Å². The minimum atomic E-state index is 0.635. The van der Waals surface area contributed by atoms with Crippen LogP contribution in [0.3, 0.4) is 0 Å². The van der Waals surface area contributed by atoms with Crippen molar-refractivity contribution in [1.82, 2.24) is 40.4 Å². The van der Waals surface area contributed by atoms with Crippen molar-refractivity contribution in [3.8, 4) is 22.8 Å². The van der Waals surface area contributed by atoms with Gasteiger partial charge in [0.25, 0.3) is 0 Å². The summed E-state index contributed by atoms with van der Waals surface area (Å²) in [5, 5.41) is 11.1. The average Bonchev–Trinajstić information content (AvgIpc) is 3.53. The van der Waals surface area contributed by atoms with E-state index in [0.29, 0.717) is 11.5 Å². The molecule has 5 heterocycles. The molecule has 37 heavy (non-hydrogen) atoms. The fourth-order valence-corrected chi connectivity index (χ4v) is 4.15. The monoisotopic (exact) mass is 490 g/mol. The van der Waals surface area contributed by atoms with Crippen LogP contribution in [-0.4, -0.2) is 48.2 Å². The molecule has 0 saturated heterocycles. The molecule has 3 N–H and O–H groups in total. The number of nitrogens with zero attached hydrogens (tertiary/aromatic N) is 5. The third-order valence-electron chi connectivity index (χ3n) is 5.99. The number of fused-ring (bicyclic) bond motifs is 2. The first-order valence-corrected chi connectivity index (χ1v) is 12.4. The summed E-state index contributed by atoms with van der Waals surface area (Å²) in [6, 6.07) is 9.82. The van der Waals surface area contributed by atoms with E-state index in [-0.39, 0.29) is 0 Å². The second-order valence-corrected chi connectivity index (χ2v) is 9.14. The standard InChI is InChI=1S/C29H30N8/c1-5-30-16-19(4)15-20(9-8-18(2)3)22-10-11-24-27(33-22)28(37-36-24)29-34-23-12-14-32-25(26(23)35-29)21-7-6-13-31-17-21/h6-7,9-15,17,30H,2,5,8,16H2,1,3-4H3,(H,34,35)(H,36,37)/b19-15+,20-9+. The molecule has 186 valence electrons. The van der Waals surface area contributed by atoms with E-state index in [2.05, 4.69) is 63.0 Å². The van der Waals surface area contributed by atoms with E-state index < -0.39 is 0 Å². The Morgan fingerprint density at radius 1 is 1.03 bits per heavy atom. The van der Waals surface area contributed by atoms with Crippen molar-refractivity contribution in [3.63, 3.8) is 0 Å². The lowest BCUT2D eigenvalue weighted by Gasteiger charge is -2.07. The molecule has 0 spiro atoms. The highest BCUT2D eigenvalue weighted by Gasteiger charge is 2.17. The minimum absolute atomic E-state index is 0.635. The van der Waals surface area contributed by atoms with Crippen LogP contribution in [0.15, 0.2) is 78.8 Å². The molecule has 0 bridgehead atoms. The van der Waals surface area contributed by atoms with Crippen molar-refractivity contribution >= 4 is 27.6 Å². The summed E-state index contributed by atoms with van der Waals surface area (Å²) >= 11 is 0. The van der Waals surface area contributed by atoms with E-state index in [9.17, 15) is 0 Å². The zero-order valence-electron chi connectivity index (χ0n) is 21.3. The van der Waals surface area contributed by atoms with Crippen molar-refractivity contribution in [3.05, 3.63) is 84.5 Å². The van der Waals surface area contributed by atoms with Gasteiger partial charge in [0.2, 0.25) is 0 Å². The molecule has 0 aliphatic carbocycles. The van der Waals surface area contributed by atoms with Crippen molar-refractivity contribution in [2.75, 3.05) is 13.1 Å². The number of hydrogen-bond donors (Lipinski definition) is 3. The van der Waals surface area contributed by atoms with Crippen molar-refractivity contribution in [1.29, 1.82) is 0 Å². The molecule has 5 aromatic rings. The van der Waals surface area contributed by atoms with E-state index >= 15 is 0 Å². The molecular weight excluding hydrogens is 460 g/mol. The van der Waals surface area contributed by atoms with Crippen LogP contribution in [0.4, 0.5) is 0 Å². The zero-order valence-corrected chi connectivity index (χ0v) is 21.3. The third-order valence-corrected chi connectivity index (χ3v) is 5.99. The number of allylic oxidation sites excluding steroid dienone is 4. The molecule has 0 amide bonds. The number of H-pyrrole nitrogens is 2. The summed E-state index contributed by atoms with van der Waals surface area (Å²) in [7, 11) is 0. The SMILES string of the molecule is C=C(C)C/C=C(\C=C(/C)CNCC)c1ccc2[nH]nc(-c3nc4c(-c5cccnc5)nccc4[nH]3)c2n1. The zero-order chi connectivity index (χ0) is 25.8. The highest BCUT2D eigenvalue weighted by atomic mass is 15.2. The largest absolute Gasteiger partial charge is 0.336 e. The Kier molecular flexibility index (Phi) is 7.00. The Balaban J connectivity index is 1.59. The van der Waals surface area contributed by atoms with Gasteiger partial charge in [-0.3, -0.25) is 15.1 Å². The van der Waals surface area contributed by atoms with Gasteiger partial charge in [0.05, 0.1) is 22.4 Å². The number of likely N-dealkylation sites (N-methyl/N-ethyl adjacent to an activating group) is 1. The van der Waals surface area contributed by atoms with Gasteiger partial charge in [-0.05, 0) is 62.7 Å². The maximum Gasteiger partial charge on any atom is 0.161 e. The number of rotatable bonds is 9. The van der Waals surface area contributed by atoms with Gasteiger partial charge in [-0.2, -0.15) is 5.10 Å². The van der Waals surface area contributed by atoms with Gasteiger partial charge in [-0.25, -0.2) is 9.97 Å². The molecule has 5 aromatic heterocycles. The Morgan fingerprint density at radius 2 is 1.89 bits per heavy atom. The topological polar surface area (TPSA) is 108 Å². The molecule has 0 aliphatic heterocycles. The smallest absolute Gasteiger partial charge is 0.161 e. The van der Waals surface area contributed by atoms with Crippen LogP contribution in [0.25, 0.3) is 50.4 Å². The van der Waals surface area contributed by atoms with Gasteiger partial charge in [0.1, 0.15) is 11.0 Å². The third kappa shape index (κ3) is 5.24. The number of nitrogens with one attached hydrogen (secondary N) is 3. The molecule has 5 rings (SSSR count). The fourth-order valence-electron chi connectivity index (χ4n) is 4.15. The summed E-state index contributed by atoms with van der Waals surface area (Å²) in [6.45, 7) is 12.1. The molecule has 0 unspecified atom stereocenters. The second kappa shape index (κ2) is 10.7. The lowest BCUT2D eigenvalue weighted by Crippen LogP contribution is -2.14. The summed E-state index contributed by atoms with van der Waals surface area (Å²) < 4.78 is 0. The second-order valence-electron chi connectivity index (χ2n) is 9.14. The van der Waals surface area contributed by atoms with Gasteiger partial charge < -0.3 is 10.3 Å². The molecule has 8 heteroatoms. The highest BCUT2D eigenvalue weighted by molar-refractivity contribution is 5.95. The van der Waals surface area contributed by atoms with Crippen LogP contribution in [-0.2, 0) is 0 Å². The number of imidazole rings is 1. The molecule has 0 saturated carbocycles. The van der Waals surface area contributed by atoms with Crippen molar-refractivity contribution in [2.45, 2.75) is 27.2 Å². The predicted octanol–water partition coefficient (Wildman–Crippen LogP) is 5.86. The minimum Gasteiger partial charge on any atom is -0.336 e. The first kappa shape index (κ1) is 24.3. The van der Waals surface area contributed by atoms with Crippen molar-refractivity contribution in [2.24, 2.45) is 0 Å². The Bertz CT molecular complexity index is 1620. The van der Waals surface area contributed by atoms with Gasteiger partial charge in [-0.1, -0.05) is 36.8 Å². The van der Waals surface area contributed by atoms with E-state index in [0.717, 1.165) is 69.7 Å². The predicted molar refractivity (Wildman–Crippen MR) is 150 cm³/mol. The highest BCUT2D eigenvalue weighted by Crippen LogP contribution is 2.30. The maximum atomic E-state index is 5.03. The van der Waals surface area contributed by atoms with E-state index in [1.165, 1.54) is 5.57 Å². The first-order chi connectivity index (χ1) is 18.0. The maximum absolute atomic E-state index is 5.03. The fraction of sp³-hybridized carbons (Fsp3) is 0.207. The summed E-state index contributed by atoms with van der Waals surface area (Å²) in [4.78, 5) is 22.1. The lowest BCUT2D eigenvalue weighted by molar-refractivity contribution is 0.776. The molecule has 0 atom stereocenters. The Labute approximate surface area is 215 Å². The van der Waals surface area contributed by atoms with Gasteiger partial charge in [0, 0.05) is 30.7 Å². The summed E-state index contributed by atoms with van der Waals surface area (Å²) in [5.41, 5.74) is 9.85. The first-order valence-electron chi connectivity index (χ1n) is 12.4. The van der Waals surface area contributed by atoms with E-state index in [4.69, 9.17) is 9.97 Å². The molecular formula is C29H30N8.